The van der Waals surface area contributed by atoms with Gasteiger partial charge in [-0.25, -0.2) is 4.79 Å². The summed E-state index contributed by atoms with van der Waals surface area (Å²) < 4.78 is 4.57. The van der Waals surface area contributed by atoms with Crippen LogP contribution in [0.2, 0.25) is 0 Å². The van der Waals surface area contributed by atoms with Gasteiger partial charge in [-0.3, -0.25) is 0 Å². The van der Waals surface area contributed by atoms with E-state index in [1.54, 1.807) is 0 Å². The van der Waals surface area contributed by atoms with Gasteiger partial charge >= 0.3 is 6.47 Å². The summed E-state index contributed by atoms with van der Waals surface area (Å²) in [6.45, 7) is 7.86. The topological polar surface area (TPSA) is 26.3 Å². The highest BCUT2D eigenvalue weighted by molar-refractivity contribution is 5.38. The number of carbonyl (C=O) groups excluding carboxylic acids is 1. The van der Waals surface area contributed by atoms with Gasteiger partial charge in [0, 0.05) is 0 Å². The Balaban J connectivity index is 2.38. The van der Waals surface area contributed by atoms with E-state index in [1.807, 2.05) is 0 Å². The summed E-state index contributed by atoms with van der Waals surface area (Å²) in [6, 6.07) is 0. The number of allylic oxidation sites excluding steroid dienone is 2. The van der Waals surface area contributed by atoms with Crippen LogP contribution >= 0.6 is 0 Å². The second-order valence-electron chi connectivity index (χ2n) is 3.55. The fourth-order valence-electron chi connectivity index (χ4n) is 1.59. The fourth-order valence-corrected chi connectivity index (χ4v) is 1.59. The first-order valence-electron chi connectivity index (χ1n) is 4.56. The van der Waals surface area contributed by atoms with Crippen LogP contribution in [0.25, 0.3) is 0 Å². The van der Waals surface area contributed by atoms with Crippen molar-refractivity contribution < 1.29 is 9.53 Å². The number of hydrogen-bond donors (Lipinski definition) is 0. The summed E-state index contributed by atoms with van der Waals surface area (Å²) in [5, 5.41) is 0. The van der Waals surface area contributed by atoms with E-state index in [0.29, 0.717) is 12.5 Å². The number of ether oxygens (including phenoxy) is 1. The van der Waals surface area contributed by atoms with Crippen molar-refractivity contribution >= 4 is 6.47 Å². The summed E-state index contributed by atoms with van der Waals surface area (Å²) in [7, 11) is 0. The first-order valence-corrected chi connectivity index (χ1v) is 4.56. The van der Waals surface area contributed by atoms with E-state index < -0.39 is 0 Å². The molecular weight excluding hydrogens is 164 g/mol. The molecular formula is C11H15O2. The Kier molecular flexibility index (Phi) is 3.74. The molecule has 0 aromatic heterocycles. The Morgan fingerprint density at radius 1 is 1.85 bits per heavy atom. The van der Waals surface area contributed by atoms with Crippen molar-refractivity contribution in [3.05, 3.63) is 23.8 Å². The molecule has 13 heavy (non-hydrogen) atoms. The second kappa shape index (κ2) is 4.85. The molecule has 1 aliphatic rings. The molecule has 1 radical (unpaired) electrons. The van der Waals surface area contributed by atoms with Gasteiger partial charge in [-0.1, -0.05) is 18.2 Å². The Labute approximate surface area is 79.3 Å². The summed E-state index contributed by atoms with van der Waals surface area (Å²) in [5.41, 5.74) is 2.46. The summed E-state index contributed by atoms with van der Waals surface area (Å²) >= 11 is 0. The van der Waals surface area contributed by atoms with E-state index in [-0.39, 0.29) is 0 Å². The molecule has 0 N–H and O–H groups in total. The zero-order chi connectivity index (χ0) is 9.68. The summed E-state index contributed by atoms with van der Waals surface area (Å²) in [6.07, 6.45) is 5.33. The van der Waals surface area contributed by atoms with Crippen LogP contribution in [0.4, 0.5) is 0 Å². The maximum Gasteiger partial charge on any atom is 0.417 e. The van der Waals surface area contributed by atoms with Gasteiger partial charge in [0.2, 0.25) is 0 Å². The Hall–Kier alpha value is -1.05. The molecule has 2 nitrogen and oxygen atoms in total. The lowest BCUT2D eigenvalue weighted by molar-refractivity contribution is 0.297. The van der Waals surface area contributed by atoms with Crippen molar-refractivity contribution in [2.45, 2.75) is 26.2 Å². The van der Waals surface area contributed by atoms with E-state index in [1.165, 1.54) is 17.6 Å². The third-order valence-electron chi connectivity index (χ3n) is 2.52. The minimum atomic E-state index is 0.409. The molecule has 0 fully saturated rings. The van der Waals surface area contributed by atoms with Gasteiger partial charge in [-0.05, 0) is 37.7 Å². The maximum absolute atomic E-state index is 9.83. The second-order valence-corrected chi connectivity index (χ2v) is 3.55. The van der Waals surface area contributed by atoms with E-state index in [4.69, 9.17) is 0 Å². The first kappa shape index (κ1) is 10.0. The fraction of sp³-hybridized carbons (Fsp3) is 0.545. The molecule has 0 heterocycles. The van der Waals surface area contributed by atoms with Crippen molar-refractivity contribution in [1.29, 1.82) is 0 Å². The van der Waals surface area contributed by atoms with Crippen LogP contribution in [0, 0.1) is 5.92 Å². The molecule has 0 aliphatic heterocycles. The average molecular weight is 179 g/mol. The third-order valence-corrected chi connectivity index (χ3v) is 2.52. The maximum atomic E-state index is 9.83. The van der Waals surface area contributed by atoms with Crippen molar-refractivity contribution in [2.24, 2.45) is 5.92 Å². The van der Waals surface area contributed by atoms with Crippen LogP contribution in [0.1, 0.15) is 26.2 Å². The molecule has 0 saturated carbocycles. The van der Waals surface area contributed by atoms with Crippen molar-refractivity contribution in [3.8, 4) is 0 Å². The molecule has 2 heteroatoms. The predicted molar refractivity (Wildman–Crippen MR) is 51.9 cm³/mol. The summed E-state index contributed by atoms with van der Waals surface area (Å²) in [5.74, 6) is 0.615. The Morgan fingerprint density at radius 2 is 2.62 bits per heavy atom. The minimum absolute atomic E-state index is 0.409. The molecule has 0 spiro atoms. The molecule has 1 unspecified atom stereocenters. The van der Waals surface area contributed by atoms with Crippen LogP contribution in [-0.4, -0.2) is 13.1 Å². The quantitative estimate of drug-likeness (QED) is 0.619. The van der Waals surface area contributed by atoms with Gasteiger partial charge in [0.05, 0.1) is 0 Å². The average Bonchev–Trinajstić information content (AvgIpc) is 2.15. The van der Waals surface area contributed by atoms with E-state index in [0.717, 1.165) is 19.3 Å². The van der Waals surface area contributed by atoms with Crippen molar-refractivity contribution in [3.63, 3.8) is 0 Å². The number of rotatable bonds is 4. The van der Waals surface area contributed by atoms with Crippen LogP contribution in [0.3, 0.4) is 0 Å². The SMILES string of the molecule is C=C(C)C1CC=C(CO[C]=O)CC1. The standard InChI is InChI=1S/C11H15O2/c1-9(2)11-5-3-10(4-6-11)7-13-8-12/h3,11H,1,4-7H2,2H3. The molecule has 1 aliphatic carbocycles. The normalized spacial score (nSPS) is 21.9. The first-order chi connectivity index (χ1) is 6.24. The lowest BCUT2D eigenvalue weighted by Gasteiger charge is -2.21. The largest absolute Gasteiger partial charge is 0.453 e. The molecule has 71 valence electrons. The van der Waals surface area contributed by atoms with Gasteiger partial charge < -0.3 is 4.74 Å². The van der Waals surface area contributed by atoms with E-state index >= 15 is 0 Å². The Bertz CT molecular complexity index is 228. The highest BCUT2D eigenvalue weighted by Gasteiger charge is 2.14. The molecule has 1 atom stereocenters. The van der Waals surface area contributed by atoms with Crippen molar-refractivity contribution in [1.82, 2.24) is 0 Å². The van der Waals surface area contributed by atoms with Crippen molar-refractivity contribution in [2.75, 3.05) is 6.61 Å². The highest BCUT2D eigenvalue weighted by Crippen LogP contribution is 2.27. The smallest absolute Gasteiger partial charge is 0.417 e. The molecule has 0 saturated heterocycles. The van der Waals surface area contributed by atoms with Gasteiger partial charge in [-0.2, -0.15) is 0 Å². The van der Waals surface area contributed by atoms with Crippen LogP contribution in [-0.2, 0) is 9.53 Å². The van der Waals surface area contributed by atoms with Gasteiger partial charge in [-0.15, -0.1) is 0 Å². The van der Waals surface area contributed by atoms with Gasteiger partial charge in [0.15, 0.2) is 0 Å². The Morgan fingerprint density at radius 3 is 3.08 bits per heavy atom. The van der Waals surface area contributed by atoms with E-state index in [2.05, 4.69) is 24.3 Å². The number of hydrogen-bond acceptors (Lipinski definition) is 2. The lowest BCUT2D eigenvalue weighted by Crippen LogP contribution is -2.09. The molecule has 0 aromatic rings. The minimum Gasteiger partial charge on any atom is -0.453 e. The summed E-state index contributed by atoms with van der Waals surface area (Å²) in [4.78, 5) is 9.83. The van der Waals surface area contributed by atoms with Crippen LogP contribution < -0.4 is 0 Å². The lowest BCUT2D eigenvalue weighted by atomic mass is 9.86. The monoisotopic (exact) mass is 179 g/mol. The van der Waals surface area contributed by atoms with Gasteiger partial charge in [0.25, 0.3) is 0 Å². The van der Waals surface area contributed by atoms with Gasteiger partial charge in [0.1, 0.15) is 6.61 Å². The molecule has 0 bridgehead atoms. The molecule has 0 aromatic carbocycles. The molecule has 1 rings (SSSR count). The van der Waals surface area contributed by atoms with E-state index in [9.17, 15) is 4.79 Å². The third kappa shape index (κ3) is 3.05. The zero-order valence-electron chi connectivity index (χ0n) is 8.01. The predicted octanol–water partition coefficient (Wildman–Crippen LogP) is 2.37. The zero-order valence-corrected chi connectivity index (χ0v) is 8.01. The van der Waals surface area contributed by atoms with Crippen LogP contribution in [0.15, 0.2) is 23.8 Å². The van der Waals surface area contributed by atoms with Crippen LogP contribution in [0.5, 0.6) is 0 Å². The molecule has 0 amide bonds. The highest BCUT2D eigenvalue weighted by atomic mass is 16.5.